The second kappa shape index (κ2) is 4.33. The van der Waals surface area contributed by atoms with Crippen LogP contribution in [0, 0.1) is 6.92 Å². The van der Waals surface area contributed by atoms with Gasteiger partial charge < -0.3 is 5.11 Å². The molecule has 14 heavy (non-hydrogen) atoms. The highest BCUT2D eigenvalue weighted by molar-refractivity contribution is 6.31. The molecule has 0 heterocycles. The fourth-order valence-electron chi connectivity index (χ4n) is 1.61. The van der Waals surface area contributed by atoms with E-state index < -0.39 is 5.60 Å². The Kier molecular flexibility index (Phi) is 3.57. The van der Waals surface area contributed by atoms with Crippen LogP contribution in [0.3, 0.4) is 0 Å². The first-order valence-corrected chi connectivity index (χ1v) is 5.34. The Morgan fingerprint density at radius 3 is 2.57 bits per heavy atom. The maximum atomic E-state index is 10.2. The first kappa shape index (κ1) is 11.5. The standard InChI is InChI=1S/C12H17ClO/c1-4-7-12(3,14)10-5-6-11(13)9(2)8-10/h5-6,8,14H,4,7H2,1-3H3/t12-/m0/s1. The third-order valence-electron chi connectivity index (χ3n) is 2.52. The highest BCUT2D eigenvalue weighted by atomic mass is 35.5. The Morgan fingerprint density at radius 2 is 2.07 bits per heavy atom. The summed E-state index contributed by atoms with van der Waals surface area (Å²) in [5, 5.41) is 10.9. The zero-order valence-corrected chi connectivity index (χ0v) is 9.73. The number of benzene rings is 1. The third-order valence-corrected chi connectivity index (χ3v) is 2.94. The van der Waals surface area contributed by atoms with Crippen LogP contribution in [0.25, 0.3) is 0 Å². The summed E-state index contributed by atoms with van der Waals surface area (Å²) in [6.07, 6.45) is 1.74. The lowest BCUT2D eigenvalue weighted by Gasteiger charge is -2.23. The fourth-order valence-corrected chi connectivity index (χ4v) is 1.73. The molecule has 1 nitrogen and oxygen atoms in total. The van der Waals surface area contributed by atoms with Gasteiger partial charge in [0, 0.05) is 5.02 Å². The van der Waals surface area contributed by atoms with E-state index in [1.54, 1.807) is 0 Å². The molecule has 0 amide bonds. The zero-order chi connectivity index (χ0) is 10.8. The van der Waals surface area contributed by atoms with Crippen molar-refractivity contribution in [2.45, 2.75) is 39.2 Å². The topological polar surface area (TPSA) is 20.2 Å². The molecule has 0 spiro atoms. The van der Waals surface area contributed by atoms with E-state index in [1.165, 1.54) is 0 Å². The lowest BCUT2D eigenvalue weighted by Crippen LogP contribution is -2.20. The van der Waals surface area contributed by atoms with E-state index in [4.69, 9.17) is 11.6 Å². The second-order valence-electron chi connectivity index (χ2n) is 3.99. The Balaban J connectivity index is 3.01. The normalized spacial score (nSPS) is 15.2. The van der Waals surface area contributed by atoms with Gasteiger partial charge >= 0.3 is 0 Å². The van der Waals surface area contributed by atoms with Crippen LogP contribution < -0.4 is 0 Å². The molecule has 2 heteroatoms. The first-order chi connectivity index (χ1) is 6.47. The molecule has 1 atom stereocenters. The average Bonchev–Trinajstić information content (AvgIpc) is 2.09. The van der Waals surface area contributed by atoms with E-state index >= 15 is 0 Å². The van der Waals surface area contributed by atoms with Gasteiger partial charge in [-0.15, -0.1) is 0 Å². The van der Waals surface area contributed by atoms with Gasteiger partial charge in [0.15, 0.2) is 0 Å². The summed E-state index contributed by atoms with van der Waals surface area (Å²) in [4.78, 5) is 0. The van der Waals surface area contributed by atoms with Crippen LogP contribution >= 0.6 is 11.6 Å². The molecular formula is C12H17ClO. The third kappa shape index (κ3) is 2.49. The monoisotopic (exact) mass is 212 g/mol. The SMILES string of the molecule is CCC[C@](C)(O)c1ccc(Cl)c(C)c1. The lowest BCUT2D eigenvalue weighted by molar-refractivity contribution is 0.0469. The van der Waals surface area contributed by atoms with Crippen molar-refractivity contribution in [3.63, 3.8) is 0 Å². The minimum Gasteiger partial charge on any atom is -0.385 e. The number of aryl methyl sites for hydroxylation is 1. The lowest BCUT2D eigenvalue weighted by atomic mass is 9.90. The summed E-state index contributed by atoms with van der Waals surface area (Å²) < 4.78 is 0. The Labute approximate surface area is 90.7 Å². The molecule has 78 valence electrons. The second-order valence-corrected chi connectivity index (χ2v) is 4.40. The van der Waals surface area contributed by atoms with Crippen molar-refractivity contribution in [2.24, 2.45) is 0 Å². The van der Waals surface area contributed by atoms with Crippen molar-refractivity contribution in [1.82, 2.24) is 0 Å². The molecule has 1 N–H and O–H groups in total. The Morgan fingerprint density at radius 1 is 1.43 bits per heavy atom. The molecule has 1 aromatic carbocycles. The number of hydrogen-bond donors (Lipinski definition) is 1. The molecule has 0 aliphatic carbocycles. The average molecular weight is 213 g/mol. The van der Waals surface area contributed by atoms with Crippen LogP contribution in [0.5, 0.6) is 0 Å². The molecule has 0 aromatic heterocycles. The van der Waals surface area contributed by atoms with Gasteiger partial charge in [-0.25, -0.2) is 0 Å². The van der Waals surface area contributed by atoms with Gasteiger partial charge in [0.2, 0.25) is 0 Å². The smallest absolute Gasteiger partial charge is 0.0868 e. The van der Waals surface area contributed by atoms with Crippen molar-refractivity contribution in [3.05, 3.63) is 34.3 Å². The maximum absolute atomic E-state index is 10.2. The predicted molar refractivity (Wildman–Crippen MR) is 60.7 cm³/mol. The summed E-state index contributed by atoms with van der Waals surface area (Å²) in [6, 6.07) is 5.69. The van der Waals surface area contributed by atoms with E-state index in [-0.39, 0.29) is 0 Å². The van der Waals surface area contributed by atoms with E-state index in [0.717, 1.165) is 29.0 Å². The van der Waals surface area contributed by atoms with E-state index in [9.17, 15) is 5.11 Å². The molecule has 0 aliphatic heterocycles. The van der Waals surface area contributed by atoms with E-state index in [2.05, 4.69) is 6.92 Å². The molecule has 0 saturated heterocycles. The minimum absolute atomic E-state index is 0.732. The molecule has 1 aromatic rings. The van der Waals surface area contributed by atoms with Gasteiger partial charge in [0.05, 0.1) is 5.60 Å². The highest BCUT2D eigenvalue weighted by Gasteiger charge is 2.21. The summed E-state index contributed by atoms with van der Waals surface area (Å²) in [7, 11) is 0. The summed E-state index contributed by atoms with van der Waals surface area (Å²) in [5.41, 5.74) is 1.23. The molecule has 0 saturated carbocycles. The van der Waals surface area contributed by atoms with Gasteiger partial charge in [0.1, 0.15) is 0 Å². The summed E-state index contributed by atoms with van der Waals surface area (Å²) >= 11 is 5.93. The van der Waals surface area contributed by atoms with Gasteiger partial charge in [-0.1, -0.05) is 37.1 Å². The minimum atomic E-state index is -0.732. The van der Waals surface area contributed by atoms with Crippen LogP contribution in [-0.2, 0) is 5.60 Å². The largest absolute Gasteiger partial charge is 0.385 e. The van der Waals surface area contributed by atoms with Crippen LogP contribution in [0.4, 0.5) is 0 Å². The molecule has 0 bridgehead atoms. The van der Waals surface area contributed by atoms with Crippen molar-refractivity contribution < 1.29 is 5.11 Å². The van der Waals surface area contributed by atoms with Crippen LogP contribution in [0.15, 0.2) is 18.2 Å². The van der Waals surface area contributed by atoms with Gasteiger partial charge in [-0.3, -0.25) is 0 Å². The number of halogens is 1. The van der Waals surface area contributed by atoms with Crippen molar-refractivity contribution in [1.29, 1.82) is 0 Å². The Bertz CT molecular complexity index is 318. The summed E-state index contributed by atoms with van der Waals surface area (Å²) in [6.45, 7) is 5.87. The van der Waals surface area contributed by atoms with Gasteiger partial charge in [-0.05, 0) is 37.5 Å². The molecule has 0 aliphatic rings. The zero-order valence-electron chi connectivity index (χ0n) is 8.97. The predicted octanol–water partition coefficient (Wildman–Crippen LogP) is 3.66. The molecule has 0 unspecified atom stereocenters. The van der Waals surface area contributed by atoms with E-state index in [1.807, 2.05) is 32.0 Å². The van der Waals surface area contributed by atoms with Gasteiger partial charge in [-0.2, -0.15) is 0 Å². The van der Waals surface area contributed by atoms with Crippen molar-refractivity contribution >= 4 is 11.6 Å². The molecule has 0 radical (unpaired) electrons. The molecule has 1 rings (SSSR count). The molecule has 0 fully saturated rings. The summed E-state index contributed by atoms with van der Waals surface area (Å²) in [5.74, 6) is 0. The van der Waals surface area contributed by atoms with Gasteiger partial charge in [0.25, 0.3) is 0 Å². The first-order valence-electron chi connectivity index (χ1n) is 4.96. The molecular weight excluding hydrogens is 196 g/mol. The number of rotatable bonds is 3. The van der Waals surface area contributed by atoms with Crippen LogP contribution in [-0.4, -0.2) is 5.11 Å². The van der Waals surface area contributed by atoms with Crippen molar-refractivity contribution in [3.8, 4) is 0 Å². The fraction of sp³-hybridized carbons (Fsp3) is 0.500. The highest BCUT2D eigenvalue weighted by Crippen LogP contribution is 2.28. The number of aliphatic hydroxyl groups is 1. The van der Waals surface area contributed by atoms with E-state index in [0.29, 0.717) is 0 Å². The quantitative estimate of drug-likeness (QED) is 0.811. The number of hydrogen-bond acceptors (Lipinski definition) is 1. The maximum Gasteiger partial charge on any atom is 0.0868 e. The van der Waals surface area contributed by atoms with Crippen LogP contribution in [0.2, 0.25) is 5.02 Å². The van der Waals surface area contributed by atoms with Crippen molar-refractivity contribution in [2.75, 3.05) is 0 Å². The van der Waals surface area contributed by atoms with Crippen LogP contribution in [0.1, 0.15) is 37.8 Å². The Hall–Kier alpha value is -0.530.